The molecule has 0 aliphatic rings. The van der Waals surface area contributed by atoms with Crippen molar-refractivity contribution in [1.29, 1.82) is 0 Å². The lowest BCUT2D eigenvalue weighted by atomic mass is 10.1. The van der Waals surface area contributed by atoms with Gasteiger partial charge in [-0.05, 0) is 70.6 Å². The zero-order chi connectivity index (χ0) is 41.4. The van der Waals surface area contributed by atoms with Crippen LogP contribution >= 0.6 is 0 Å². The molecule has 0 heterocycles. The molecule has 0 rings (SSSR count). The van der Waals surface area contributed by atoms with Gasteiger partial charge in [-0.2, -0.15) is 0 Å². The van der Waals surface area contributed by atoms with E-state index in [2.05, 4.69) is 62.5 Å². The number of rotatable bonds is 40. The molecule has 0 fully saturated rings. The van der Waals surface area contributed by atoms with Gasteiger partial charge < -0.3 is 23.8 Å². The van der Waals surface area contributed by atoms with Crippen LogP contribution in [0.2, 0.25) is 0 Å². The average Bonchev–Trinajstić information content (AvgIpc) is 3.15. The number of hydrogen-bond donors (Lipinski definition) is 1. The van der Waals surface area contributed by atoms with E-state index < -0.39 is 18.1 Å². The molecule has 1 N–H and O–H groups in total. The molecule has 0 saturated heterocycles. The van der Waals surface area contributed by atoms with Crippen LogP contribution in [0.4, 0.5) is 0 Å². The minimum Gasteiger partial charge on any atom is -0.477 e. The third-order valence-electron chi connectivity index (χ3n) is 9.96. The molecule has 0 saturated carbocycles. The number of carboxylic acid groups (broad SMARTS) is 1. The fourth-order valence-corrected chi connectivity index (χ4v) is 6.45. The summed E-state index contributed by atoms with van der Waals surface area (Å²) in [6.07, 6.45) is 45.9. The van der Waals surface area contributed by atoms with E-state index in [1.165, 1.54) is 96.3 Å². The van der Waals surface area contributed by atoms with Gasteiger partial charge in [0, 0.05) is 19.3 Å². The van der Waals surface area contributed by atoms with Crippen molar-refractivity contribution < 1.29 is 38.2 Å². The molecule has 0 amide bonds. The Kier molecular flexibility index (Phi) is 37.2. The van der Waals surface area contributed by atoms with Gasteiger partial charge in [-0.25, -0.2) is 4.79 Å². The van der Waals surface area contributed by atoms with Gasteiger partial charge in [0.2, 0.25) is 0 Å². The summed E-state index contributed by atoms with van der Waals surface area (Å²) in [7, 11) is 5.51. The Balaban J connectivity index is 4.33. The zero-order valence-electron chi connectivity index (χ0n) is 36.8. The van der Waals surface area contributed by atoms with Gasteiger partial charge in [0.15, 0.2) is 12.1 Å². The Morgan fingerprint density at radius 1 is 0.554 bits per heavy atom. The van der Waals surface area contributed by atoms with Crippen molar-refractivity contribution >= 4 is 17.9 Å². The highest BCUT2D eigenvalue weighted by Gasteiger charge is 2.31. The van der Waals surface area contributed by atoms with Gasteiger partial charge >= 0.3 is 17.9 Å². The Morgan fingerprint density at radius 2 is 1.00 bits per heavy atom. The summed E-state index contributed by atoms with van der Waals surface area (Å²) in [6, 6.07) is -0.621. The molecular formula is C48H86NO7+. The minimum absolute atomic E-state index is 0.0467. The lowest BCUT2D eigenvalue weighted by Crippen LogP contribution is -2.50. The monoisotopic (exact) mass is 789 g/mol. The molecule has 0 aliphatic heterocycles. The molecule has 324 valence electrons. The van der Waals surface area contributed by atoms with Crippen molar-refractivity contribution in [3.63, 3.8) is 0 Å². The Hall–Kier alpha value is -2.71. The van der Waals surface area contributed by atoms with Crippen LogP contribution in [-0.4, -0.2) is 80.6 Å². The van der Waals surface area contributed by atoms with Crippen LogP contribution in [0.1, 0.15) is 187 Å². The van der Waals surface area contributed by atoms with E-state index in [0.29, 0.717) is 19.3 Å². The number of ether oxygens (including phenoxy) is 3. The fourth-order valence-electron chi connectivity index (χ4n) is 6.45. The highest BCUT2D eigenvalue weighted by atomic mass is 16.6. The molecule has 0 aromatic rings. The molecule has 8 nitrogen and oxygen atoms in total. The third-order valence-corrected chi connectivity index (χ3v) is 9.96. The molecule has 0 aromatic carbocycles. The molecule has 0 aromatic heterocycles. The first kappa shape index (κ1) is 53.3. The van der Waals surface area contributed by atoms with Crippen molar-refractivity contribution in [2.45, 2.75) is 199 Å². The number of likely N-dealkylation sites (N-methyl/N-ethyl adjacent to an activating group) is 1. The summed E-state index contributed by atoms with van der Waals surface area (Å²) in [5.74, 6) is -1.52. The lowest BCUT2D eigenvalue weighted by molar-refractivity contribution is -0.887. The van der Waals surface area contributed by atoms with E-state index in [0.717, 1.165) is 57.8 Å². The van der Waals surface area contributed by atoms with Crippen molar-refractivity contribution in [2.75, 3.05) is 41.0 Å². The van der Waals surface area contributed by atoms with Crippen LogP contribution in [0.3, 0.4) is 0 Å². The number of hydrogen-bond acceptors (Lipinski definition) is 6. The summed E-state index contributed by atoms with van der Waals surface area (Å²) in [5, 5.41) is 9.62. The number of allylic oxidation sites excluding steroid dienone is 8. The van der Waals surface area contributed by atoms with E-state index in [-0.39, 0.29) is 36.2 Å². The lowest BCUT2D eigenvalue weighted by Gasteiger charge is -2.31. The van der Waals surface area contributed by atoms with Gasteiger partial charge in [-0.3, -0.25) is 9.59 Å². The first-order chi connectivity index (χ1) is 27.1. The van der Waals surface area contributed by atoms with Gasteiger partial charge in [-0.1, -0.05) is 146 Å². The SMILES string of the molecule is CC/C=C/C/C=C/C/C=C/CCCCC(=O)OCC(COCCC(C(=O)O)[N+](C)(C)C)OC(=O)CCCCCCCCC/C=C/CCCCCCCCCCC. The second kappa shape index (κ2) is 39.1. The van der Waals surface area contributed by atoms with Crippen LogP contribution in [0.25, 0.3) is 0 Å². The second-order valence-corrected chi connectivity index (χ2v) is 16.3. The average molecular weight is 789 g/mol. The number of carbonyl (C=O) groups is 3. The smallest absolute Gasteiger partial charge is 0.362 e. The van der Waals surface area contributed by atoms with Crippen molar-refractivity contribution in [3.05, 3.63) is 48.6 Å². The van der Waals surface area contributed by atoms with Gasteiger partial charge in [-0.15, -0.1) is 0 Å². The molecule has 0 spiro atoms. The van der Waals surface area contributed by atoms with Crippen molar-refractivity contribution in [1.82, 2.24) is 0 Å². The summed E-state index contributed by atoms with van der Waals surface area (Å²) in [5.41, 5.74) is 0. The Labute approximate surface area is 344 Å². The van der Waals surface area contributed by atoms with E-state index >= 15 is 0 Å². The largest absolute Gasteiger partial charge is 0.477 e. The molecule has 2 atom stereocenters. The van der Waals surface area contributed by atoms with Crippen LogP contribution in [-0.2, 0) is 28.6 Å². The molecule has 56 heavy (non-hydrogen) atoms. The summed E-state index contributed by atoms with van der Waals surface area (Å²) < 4.78 is 17.2. The number of unbranched alkanes of at least 4 members (excludes halogenated alkanes) is 18. The van der Waals surface area contributed by atoms with E-state index in [4.69, 9.17) is 14.2 Å². The zero-order valence-corrected chi connectivity index (χ0v) is 36.8. The van der Waals surface area contributed by atoms with Crippen LogP contribution in [0, 0.1) is 0 Å². The summed E-state index contributed by atoms with van der Waals surface area (Å²) in [6.45, 7) is 4.58. The predicted octanol–water partition coefficient (Wildman–Crippen LogP) is 12.4. The van der Waals surface area contributed by atoms with Crippen LogP contribution in [0.5, 0.6) is 0 Å². The van der Waals surface area contributed by atoms with Crippen LogP contribution < -0.4 is 0 Å². The number of nitrogens with zero attached hydrogens (tertiary/aromatic N) is 1. The second-order valence-electron chi connectivity index (χ2n) is 16.3. The topological polar surface area (TPSA) is 99.1 Å². The minimum atomic E-state index is -0.882. The molecule has 0 bridgehead atoms. The maximum absolute atomic E-state index is 12.7. The highest BCUT2D eigenvalue weighted by Crippen LogP contribution is 2.14. The summed E-state index contributed by atoms with van der Waals surface area (Å²) >= 11 is 0. The molecule has 0 radical (unpaired) electrons. The highest BCUT2D eigenvalue weighted by molar-refractivity contribution is 5.72. The molecule has 8 heteroatoms. The van der Waals surface area contributed by atoms with Crippen molar-refractivity contribution in [2.24, 2.45) is 0 Å². The summed E-state index contributed by atoms with van der Waals surface area (Å²) in [4.78, 5) is 36.9. The van der Waals surface area contributed by atoms with E-state index in [1.807, 2.05) is 21.1 Å². The number of aliphatic carboxylic acids is 1. The van der Waals surface area contributed by atoms with E-state index in [9.17, 15) is 19.5 Å². The number of carbonyl (C=O) groups excluding carboxylic acids is 2. The van der Waals surface area contributed by atoms with E-state index in [1.54, 1.807) is 0 Å². The third kappa shape index (κ3) is 36.9. The normalized spacial score (nSPS) is 13.4. The fraction of sp³-hybridized carbons (Fsp3) is 0.771. The first-order valence-electron chi connectivity index (χ1n) is 22.7. The maximum Gasteiger partial charge on any atom is 0.362 e. The number of esters is 2. The predicted molar refractivity (Wildman–Crippen MR) is 234 cm³/mol. The number of quaternary nitrogens is 1. The molecular weight excluding hydrogens is 703 g/mol. The van der Waals surface area contributed by atoms with Gasteiger partial charge in [0.05, 0.1) is 34.4 Å². The van der Waals surface area contributed by atoms with Crippen LogP contribution in [0.15, 0.2) is 48.6 Å². The Bertz CT molecular complexity index is 1060. The van der Waals surface area contributed by atoms with Gasteiger partial charge in [0.1, 0.15) is 6.61 Å². The maximum atomic E-state index is 12.7. The first-order valence-corrected chi connectivity index (χ1v) is 22.7. The standard InChI is InChI=1S/C48H85NO7/c1-6-8-10-12-14-16-18-20-21-22-23-24-25-26-27-29-31-33-35-37-39-47(51)56-44(42-54-41-40-45(48(52)53)49(3,4)5)43-55-46(50)38-36-34-32-30-28-19-17-15-13-11-9-7-2/h9,11,15,17,23-24,28,30,44-45H,6-8,10,12-14,16,18-22,25-27,29,31-43H2,1-5H3/p+1/b11-9+,17-15+,24-23+,30-28+. The quantitative estimate of drug-likeness (QED) is 0.0286. The molecule has 0 aliphatic carbocycles. The van der Waals surface area contributed by atoms with Gasteiger partial charge in [0.25, 0.3) is 0 Å². The molecule has 2 unspecified atom stereocenters. The number of carboxylic acids is 1. The van der Waals surface area contributed by atoms with Crippen molar-refractivity contribution in [3.8, 4) is 0 Å². The Morgan fingerprint density at radius 3 is 1.54 bits per heavy atom.